The molecule has 174 valence electrons. The van der Waals surface area contributed by atoms with Crippen molar-refractivity contribution >= 4 is 55.0 Å². The number of fused-ring (bicyclic) bond motifs is 4. The predicted octanol–water partition coefficient (Wildman–Crippen LogP) is 6.73. The fourth-order valence-electron chi connectivity index (χ4n) is 5.22. The number of benzene rings is 6. The van der Waals surface area contributed by atoms with Crippen LogP contribution in [0.1, 0.15) is 15.9 Å². The zero-order chi connectivity index (χ0) is 24.6. The lowest BCUT2D eigenvalue weighted by molar-refractivity contribution is -0.139. The largest absolute Gasteiger partial charge is 0.480 e. The molecule has 0 bridgehead atoms. The summed E-state index contributed by atoms with van der Waals surface area (Å²) in [6.07, 6.45) is 0.172. The van der Waals surface area contributed by atoms with Crippen LogP contribution in [0.3, 0.4) is 0 Å². The summed E-state index contributed by atoms with van der Waals surface area (Å²) in [6, 6.07) is 34.4. The van der Waals surface area contributed by atoms with E-state index in [0.29, 0.717) is 5.56 Å². The molecule has 6 aromatic carbocycles. The lowest BCUT2D eigenvalue weighted by atomic mass is 9.92. The van der Waals surface area contributed by atoms with Crippen molar-refractivity contribution in [2.75, 3.05) is 0 Å². The zero-order valence-corrected chi connectivity index (χ0v) is 19.4. The standard InChI is InChI=1S/C32H23NO3/c34-31(30-26-15-7-3-11-22(26)18-23-12-4-8-16-27(23)30)33-29(32(35)36)19-28-24-13-5-1-9-20(24)17-21-10-2-6-14-25(21)28/h1-18,29H,19H2,(H,33,34)(H,35,36)/t29-/m0/s1. The molecule has 0 aromatic heterocycles. The summed E-state index contributed by atoms with van der Waals surface area (Å²) in [5.74, 6) is -1.45. The molecule has 4 nitrogen and oxygen atoms in total. The predicted molar refractivity (Wildman–Crippen MR) is 146 cm³/mol. The van der Waals surface area contributed by atoms with Crippen LogP contribution in [0, 0.1) is 0 Å². The van der Waals surface area contributed by atoms with Gasteiger partial charge in [-0.15, -0.1) is 0 Å². The minimum Gasteiger partial charge on any atom is -0.480 e. The molecule has 6 rings (SSSR count). The Kier molecular flexibility index (Phi) is 5.34. The molecular formula is C32H23NO3. The van der Waals surface area contributed by atoms with Gasteiger partial charge in [-0.25, -0.2) is 4.79 Å². The number of amides is 1. The fraction of sp³-hybridized carbons (Fsp3) is 0.0625. The maximum atomic E-state index is 13.7. The molecule has 0 aliphatic rings. The number of hydrogen-bond acceptors (Lipinski definition) is 2. The monoisotopic (exact) mass is 469 g/mol. The first-order chi connectivity index (χ1) is 17.6. The van der Waals surface area contributed by atoms with E-state index in [4.69, 9.17) is 0 Å². The topological polar surface area (TPSA) is 66.4 Å². The molecule has 0 aliphatic heterocycles. The normalized spacial score (nSPS) is 12.2. The second-order valence-corrected chi connectivity index (χ2v) is 9.06. The molecule has 36 heavy (non-hydrogen) atoms. The number of aliphatic carboxylic acids is 1. The molecule has 0 fully saturated rings. The van der Waals surface area contributed by atoms with Crippen LogP contribution in [-0.2, 0) is 11.2 Å². The molecule has 2 N–H and O–H groups in total. The van der Waals surface area contributed by atoms with Gasteiger partial charge in [0.25, 0.3) is 5.91 Å². The van der Waals surface area contributed by atoms with Gasteiger partial charge in [0.2, 0.25) is 0 Å². The van der Waals surface area contributed by atoms with Crippen molar-refractivity contribution in [3.63, 3.8) is 0 Å². The summed E-state index contributed by atoms with van der Waals surface area (Å²) in [6.45, 7) is 0. The molecule has 1 atom stereocenters. The SMILES string of the molecule is O=C(N[C@@H](Cc1c2ccccc2cc2ccccc12)C(=O)O)c1c2ccccc2cc2ccccc12. The Bertz CT molecular complexity index is 1700. The van der Waals surface area contributed by atoms with E-state index in [2.05, 4.69) is 17.4 Å². The number of nitrogens with one attached hydrogen (secondary N) is 1. The third-order valence-electron chi connectivity index (χ3n) is 6.89. The van der Waals surface area contributed by atoms with E-state index < -0.39 is 12.0 Å². The molecule has 1 amide bonds. The van der Waals surface area contributed by atoms with Gasteiger partial charge in [-0.3, -0.25) is 4.79 Å². The van der Waals surface area contributed by atoms with E-state index in [1.807, 2.05) is 97.1 Å². The Balaban J connectivity index is 1.46. The van der Waals surface area contributed by atoms with Gasteiger partial charge in [0, 0.05) is 6.42 Å². The number of carboxylic acids is 1. The number of hydrogen-bond donors (Lipinski definition) is 2. The maximum Gasteiger partial charge on any atom is 0.326 e. The second-order valence-electron chi connectivity index (χ2n) is 9.06. The van der Waals surface area contributed by atoms with Gasteiger partial charge in [0.1, 0.15) is 6.04 Å². The van der Waals surface area contributed by atoms with Crippen molar-refractivity contribution in [2.45, 2.75) is 12.5 Å². The third kappa shape index (κ3) is 3.73. The Hall–Kier alpha value is -4.70. The number of carbonyl (C=O) groups is 2. The van der Waals surface area contributed by atoms with Gasteiger partial charge < -0.3 is 10.4 Å². The van der Waals surface area contributed by atoms with Gasteiger partial charge in [-0.05, 0) is 60.8 Å². The molecule has 0 aliphatic carbocycles. The summed E-state index contributed by atoms with van der Waals surface area (Å²) >= 11 is 0. The average molecular weight is 470 g/mol. The average Bonchev–Trinajstić information content (AvgIpc) is 2.90. The van der Waals surface area contributed by atoms with Gasteiger partial charge in [-0.2, -0.15) is 0 Å². The first kappa shape index (κ1) is 21.8. The molecule has 0 spiro atoms. The lowest BCUT2D eigenvalue weighted by Gasteiger charge is -2.19. The summed E-state index contributed by atoms with van der Waals surface area (Å²) in [7, 11) is 0. The van der Waals surface area contributed by atoms with E-state index in [1.54, 1.807) is 0 Å². The van der Waals surface area contributed by atoms with Crippen LogP contribution in [0.15, 0.2) is 109 Å². The quantitative estimate of drug-likeness (QED) is 0.275. The molecular weight excluding hydrogens is 446 g/mol. The molecule has 0 heterocycles. The number of rotatable bonds is 5. The van der Waals surface area contributed by atoms with Gasteiger partial charge in [0.15, 0.2) is 0 Å². The smallest absolute Gasteiger partial charge is 0.326 e. The van der Waals surface area contributed by atoms with E-state index in [0.717, 1.165) is 48.7 Å². The minimum atomic E-state index is -1.09. The molecule has 4 heteroatoms. The van der Waals surface area contributed by atoms with Crippen LogP contribution in [0.4, 0.5) is 0 Å². The first-order valence-electron chi connectivity index (χ1n) is 11.9. The molecule has 0 saturated heterocycles. The Labute approximate surface area is 207 Å². The highest BCUT2D eigenvalue weighted by molar-refractivity contribution is 6.18. The molecule has 6 aromatic rings. The Morgan fingerprint density at radius 2 is 1.00 bits per heavy atom. The van der Waals surface area contributed by atoms with Crippen molar-refractivity contribution in [2.24, 2.45) is 0 Å². The van der Waals surface area contributed by atoms with Crippen molar-refractivity contribution in [3.05, 3.63) is 120 Å². The van der Waals surface area contributed by atoms with E-state index in [1.165, 1.54) is 0 Å². The molecule has 0 unspecified atom stereocenters. The maximum absolute atomic E-state index is 13.7. The van der Waals surface area contributed by atoms with Gasteiger partial charge >= 0.3 is 5.97 Å². The van der Waals surface area contributed by atoms with E-state index in [9.17, 15) is 14.7 Å². The van der Waals surface area contributed by atoms with Crippen LogP contribution < -0.4 is 5.32 Å². The van der Waals surface area contributed by atoms with E-state index in [-0.39, 0.29) is 12.3 Å². The van der Waals surface area contributed by atoms with Crippen LogP contribution in [0.25, 0.3) is 43.1 Å². The molecule has 0 radical (unpaired) electrons. The lowest BCUT2D eigenvalue weighted by Crippen LogP contribution is -2.42. The number of carboxylic acid groups (broad SMARTS) is 1. The molecule has 0 saturated carbocycles. The minimum absolute atomic E-state index is 0.172. The highest BCUT2D eigenvalue weighted by Gasteiger charge is 2.25. The van der Waals surface area contributed by atoms with Crippen molar-refractivity contribution in [1.82, 2.24) is 5.32 Å². The summed E-state index contributed by atoms with van der Waals surface area (Å²) in [5.41, 5.74) is 1.41. The first-order valence-corrected chi connectivity index (χ1v) is 11.9. The van der Waals surface area contributed by atoms with Crippen molar-refractivity contribution in [1.29, 1.82) is 0 Å². The second kappa shape index (κ2) is 8.82. The fourth-order valence-corrected chi connectivity index (χ4v) is 5.22. The third-order valence-corrected chi connectivity index (χ3v) is 6.89. The number of carbonyl (C=O) groups excluding carboxylic acids is 1. The van der Waals surface area contributed by atoms with Gasteiger partial charge in [-0.1, -0.05) is 97.1 Å². The van der Waals surface area contributed by atoms with Crippen LogP contribution >= 0.6 is 0 Å². The van der Waals surface area contributed by atoms with Gasteiger partial charge in [0.05, 0.1) is 5.56 Å². The Morgan fingerprint density at radius 1 is 0.611 bits per heavy atom. The highest BCUT2D eigenvalue weighted by atomic mass is 16.4. The van der Waals surface area contributed by atoms with E-state index >= 15 is 0 Å². The summed E-state index contributed by atoms with van der Waals surface area (Å²) in [5, 5.41) is 20.6. The van der Waals surface area contributed by atoms with Crippen LogP contribution in [-0.4, -0.2) is 23.0 Å². The summed E-state index contributed by atoms with van der Waals surface area (Å²) < 4.78 is 0. The van der Waals surface area contributed by atoms with Crippen molar-refractivity contribution < 1.29 is 14.7 Å². The highest BCUT2D eigenvalue weighted by Crippen LogP contribution is 2.31. The van der Waals surface area contributed by atoms with Crippen LogP contribution in [0.5, 0.6) is 0 Å². The summed E-state index contributed by atoms with van der Waals surface area (Å²) in [4.78, 5) is 26.2. The Morgan fingerprint density at radius 3 is 1.44 bits per heavy atom. The van der Waals surface area contributed by atoms with Crippen molar-refractivity contribution in [3.8, 4) is 0 Å². The zero-order valence-electron chi connectivity index (χ0n) is 19.4. The van der Waals surface area contributed by atoms with Crippen LogP contribution in [0.2, 0.25) is 0 Å².